The van der Waals surface area contributed by atoms with Crippen molar-refractivity contribution in [3.63, 3.8) is 0 Å². The zero-order chi connectivity index (χ0) is 14.1. The second-order valence-electron chi connectivity index (χ2n) is 5.12. The summed E-state index contributed by atoms with van der Waals surface area (Å²) in [5.74, 6) is -0.0801. The lowest BCUT2D eigenvalue weighted by atomic mass is 10.1. The van der Waals surface area contributed by atoms with Crippen molar-refractivity contribution in [1.82, 2.24) is 15.2 Å². The van der Waals surface area contributed by atoms with Gasteiger partial charge in [0.05, 0.1) is 17.7 Å². The molecular weight excluding hydrogens is 254 g/mol. The molecule has 1 aliphatic rings. The summed E-state index contributed by atoms with van der Waals surface area (Å²) in [6, 6.07) is 9.08. The number of pyridine rings is 1. The van der Waals surface area contributed by atoms with Gasteiger partial charge in [-0.25, -0.2) is 0 Å². The van der Waals surface area contributed by atoms with Gasteiger partial charge >= 0.3 is 0 Å². The minimum Gasteiger partial charge on any atom is -0.390 e. The van der Waals surface area contributed by atoms with Gasteiger partial charge in [0.15, 0.2) is 0 Å². The lowest BCUT2D eigenvalue weighted by Gasteiger charge is -2.26. The van der Waals surface area contributed by atoms with Crippen molar-refractivity contribution in [2.24, 2.45) is 0 Å². The minimum atomic E-state index is -0.508. The molecule has 0 radical (unpaired) electrons. The van der Waals surface area contributed by atoms with E-state index in [1.54, 1.807) is 24.2 Å². The number of benzene rings is 1. The lowest BCUT2D eigenvalue weighted by Crippen LogP contribution is -2.44. The maximum Gasteiger partial charge on any atom is 0.254 e. The first-order chi connectivity index (χ1) is 9.66. The van der Waals surface area contributed by atoms with E-state index in [1.807, 2.05) is 24.3 Å². The highest BCUT2D eigenvalue weighted by molar-refractivity contribution is 5.98. The van der Waals surface area contributed by atoms with Crippen LogP contribution < -0.4 is 5.32 Å². The molecule has 0 aliphatic carbocycles. The molecule has 1 amide bonds. The van der Waals surface area contributed by atoms with Crippen molar-refractivity contribution in [3.8, 4) is 0 Å². The quantitative estimate of drug-likeness (QED) is 0.841. The van der Waals surface area contributed by atoms with Gasteiger partial charge in [0.25, 0.3) is 5.91 Å². The number of nitrogens with one attached hydrogen (secondary N) is 1. The van der Waals surface area contributed by atoms with Crippen molar-refractivity contribution < 1.29 is 9.90 Å². The van der Waals surface area contributed by atoms with E-state index in [0.29, 0.717) is 18.7 Å². The summed E-state index contributed by atoms with van der Waals surface area (Å²) < 4.78 is 0. The van der Waals surface area contributed by atoms with Crippen LogP contribution in [-0.2, 0) is 0 Å². The second-order valence-corrected chi connectivity index (χ2v) is 5.12. The molecule has 1 fully saturated rings. The van der Waals surface area contributed by atoms with E-state index < -0.39 is 6.10 Å². The number of carbonyl (C=O) groups excluding carboxylic acids is 1. The van der Waals surface area contributed by atoms with E-state index in [9.17, 15) is 9.90 Å². The van der Waals surface area contributed by atoms with Crippen LogP contribution in [0.2, 0.25) is 0 Å². The normalized spacial score (nSPS) is 22.1. The molecule has 5 heteroatoms. The number of nitrogens with zero attached hydrogens (tertiary/aromatic N) is 2. The first kappa shape index (κ1) is 13.0. The van der Waals surface area contributed by atoms with Crippen LogP contribution in [0.3, 0.4) is 0 Å². The molecule has 2 heterocycles. The Morgan fingerprint density at radius 2 is 2.25 bits per heavy atom. The van der Waals surface area contributed by atoms with Gasteiger partial charge in [-0.1, -0.05) is 6.07 Å². The van der Waals surface area contributed by atoms with Crippen LogP contribution in [0.5, 0.6) is 0 Å². The average molecular weight is 271 g/mol. The van der Waals surface area contributed by atoms with E-state index in [-0.39, 0.29) is 11.9 Å². The van der Waals surface area contributed by atoms with Crippen molar-refractivity contribution in [1.29, 1.82) is 0 Å². The van der Waals surface area contributed by atoms with E-state index in [1.165, 1.54) is 0 Å². The monoisotopic (exact) mass is 271 g/mol. The number of likely N-dealkylation sites (N-methyl/N-ethyl adjacent to an activating group) is 1. The molecule has 1 aliphatic heterocycles. The number of aromatic nitrogens is 1. The molecule has 104 valence electrons. The Balaban J connectivity index is 1.88. The Labute approximate surface area is 117 Å². The maximum absolute atomic E-state index is 12.5. The molecule has 0 spiro atoms. The van der Waals surface area contributed by atoms with Gasteiger partial charge < -0.3 is 15.3 Å². The first-order valence-electron chi connectivity index (χ1n) is 6.67. The number of rotatable bonds is 2. The number of carbonyl (C=O) groups is 1. The molecule has 2 atom stereocenters. The summed E-state index contributed by atoms with van der Waals surface area (Å²) in [6.07, 6.45) is 1.22. The molecule has 1 aromatic carbocycles. The number of fused-ring (bicyclic) bond motifs is 1. The van der Waals surface area contributed by atoms with E-state index >= 15 is 0 Å². The molecule has 0 unspecified atom stereocenters. The zero-order valence-electron chi connectivity index (χ0n) is 11.3. The SMILES string of the molecule is CN(C(=O)c1ccc2ncccc2c1)[C@H]1CNC[C@@H]1O. The van der Waals surface area contributed by atoms with Crippen LogP contribution in [-0.4, -0.2) is 53.2 Å². The average Bonchev–Trinajstić information content (AvgIpc) is 2.91. The number of amides is 1. The fourth-order valence-corrected chi connectivity index (χ4v) is 2.61. The van der Waals surface area contributed by atoms with Crippen molar-refractivity contribution in [2.45, 2.75) is 12.1 Å². The molecule has 0 saturated carbocycles. The largest absolute Gasteiger partial charge is 0.390 e. The van der Waals surface area contributed by atoms with Gasteiger partial charge in [-0.2, -0.15) is 0 Å². The van der Waals surface area contributed by atoms with Crippen molar-refractivity contribution >= 4 is 16.8 Å². The van der Waals surface area contributed by atoms with Crippen molar-refractivity contribution in [3.05, 3.63) is 42.1 Å². The summed E-state index contributed by atoms with van der Waals surface area (Å²) >= 11 is 0. The third-order valence-electron chi connectivity index (χ3n) is 3.82. The molecule has 1 aromatic heterocycles. The Hall–Kier alpha value is -1.98. The molecular formula is C15H17N3O2. The molecule has 2 N–H and O–H groups in total. The summed E-state index contributed by atoms with van der Waals surface area (Å²) in [5, 5.41) is 13.9. The Bertz CT molecular complexity index is 644. The summed E-state index contributed by atoms with van der Waals surface area (Å²) in [5.41, 5.74) is 1.49. The summed E-state index contributed by atoms with van der Waals surface area (Å²) in [7, 11) is 1.73. The molecule has 2 aromatic rings. The van der Waals surface area contributed by atoms with Crippen molar-refractivity contribution in [2.75, 3.05) is 20.1 Å². The highest BCUT2D eigenvalue weighted by atomic mass is 16.3. The predicted octanol–water partition coefficient (Wildman–Crippen LogP) is 0.639. The fraction of sp³-hybridized carbons (Fsp3) is 0.333. The number of β-amino-alcohol motifs (C(OH)–C–C–N with tert-alkyl or cyclic N) is 1. The number of hydrogen-bond donors (Lipinski definition) is 2. The Morgan fingerprint density at radius 1 is 1.40 bits per heavy atom. The third kappa shape index (κ3) is 2.26. The standard InChI is InChI=1S/C15H17N3O2/c1-18(13-8-16-9-14(13)19)15(20)11-4-5-12-10(7-11)3-2-6-17-12/h2-7,13-14,16,19H,8-9H2,1H3/t13-,14-/m0/s1. The molecule has 0 bridgehead atoms. The summed E-state index contributed by atoms with van der Waals surface area (Å²) in [4.78, 5) is 18.3. The van der Waals surface area contributed by atoms with Crippen LogP contribution in [0.1, 0.15) is 10.4 Å². The number of aliphatic hydroxyl groups excluding tert-OH is 1. The van der Waals surface area contributed by atoms with Crippen LogP contribution in [0.25, 0.3) is 10.9 Å². The highest BCUT2D eigenvalue weighted by Crippen LogP contribution is 2.17. The Morgan fingerprint density at radius 3 is 3.00 bits per heavy atom. The molecule has 5 nitrogen and oxygen atoms in total. The second kappa shape index (κ2) is 5.19. The maximum atomic E-state index is 12.5. The van der Waals surface area contributed by atoms with Gasteiger partial charge in [-0.15, -0.1) is 0 Å². The summed E-state index contributed by atoms with van der Waals surface area (Å²) in [6.45, 7) is 1.16. The fourth-order valence-electron chi connectivity index (χ4n) is 2.61. The molecule has 1 saturated heterocycles. The minimum absolute atomic E-state index is 0.0801. The van der Waals surface area contributed by atoms with E-state index in [2.05, 4.69) is 10.3 Å². The number of hydrogen-bond acceptors (Lipinski definition) is 4. The molecule has 20 heavy (non-hydrogen) atoms. The van der Waals surface area contributed by atoms with Crippen LogP contribution in [0.15, 0.2) is 36.5 Å². The first-order valence-corrected chi connectivity index (χ1v) is 6.67. The zero-order valence-corrected chi connectivity index (χ0v) is 11.3. The Kier molecular flexibility index (Phi) is 3.38. The molecule has 3 rings (SSSR count). The smallest absolute Gasteiger partial charge is 0.254 e. The third-order valence-corrected chi connectivity index (χ3v) is 3.82. The predicted molar refractivity (Wildman–Crippen MR) is 76.5 cm³/mol. The van der Waals surface area contributed by atoms with Crippen LogP contribution in [0, 0.1) is 0 Å². The number of aliphatic hydroxyl groups is 1. The van der Waals surface area contributed by atoms with Gasteiger partial charge in [0.2, 0.25) is 0 Å². The lowest BCUT2D eigenvalue weighted by molar-refractivity contribution is 0.0581. The van der Waals surface area contributed by atoms with Crippen LogP contribution in [0.4, 0.5) is 0 Å². The van der Waals surface area contributed by atoms with Gasteiger partial charge in [0, 0.05) is 37.3 Å². The van der Waals surface area contributed by atoms with Gasteiger partial charge in [0.1, 0.15) is 0 Å². The highest BCUT2D eigenvalue weighted by Gasteiger charge is 2.31. The topological polar surface area (TPSA) is 65.5 Å². The van der Waals surface area contributed by atoms with Crippen LogP contribution >= 0.6 is 0 Å². The van der Waals surface area contributed by atoms with E-state index in [4.69, 9.17) is 0 Å². The van der Waals surface area contributed by atoms with E-state index in [0.717, 1.165) is 10.9 Å². The van der Waals surface area contributed by atoms with Gasteiger partial charge in [-0.3, -0.25) is 9.78 Å². The van der Waals surface area contributed by atoms with Gasteiger partial charge in [-0.05, 0) is 24.3 Å².